The first-order chi connectivity index (χ1) is 7.34. The maximum atomic E-state index is 5.42. The smallest absolute Gasteiger partial charge is 0.232 e. The van der Waals surface area contributed by atoms with Crippen molar-refractivity contribution in [3.05, 3.63) is 48.3 Å². The number of benzene rings is 1. The van der Waals surface area contributed by atoms with E-state index in [9.17, 15) is 0 Å². The molecule has 0 aliphatic carbocycles. The van der Waals surface area contributed by atoms with E-state index in [0.29, 0.717) is 18.3 Å². The Kier molecular flexibility index (Phi) is 2.78. The molecule has 1 aromatic carbocycles. The fourth-order valence-corrected chi connectivity index (χ4v) is 1.13. The molecule has 2 aromatic rings. The Bertz CT molecular complexity index is 414. The lowest BCUT2D eigenvalue weighted by atomic mass is 10.2. The molecule has 15 heavy (non-hydrogen) atoms. The maximum absolute atomic E-state index is 5.42. The predicted octanol–water partition coefficient (Wildman–Crippen LogP) is 1.64. The molecule has 0 atom stereocenters. The second-order valence-electron chi connectivity index (χ2n) is 3.05. The van der Waals surface area contributed by atoms with Gasteiger partial charge in [0.15, 0.2) is 0 Å². The van der Waals surface area contributed by atoms with Crippen molar-refractivity contribution in [1.29, 1.82) is 0 Å². The lowest BCUT2D eigenvalue weighted by molar-refractivity contribution is 0.292. The first-order valence-corrected chi connectivity index (χ1v) is 4.59. The van der Waals surface area contributed by atoms with Gasteiger partial charge in [0.1, 0.15) is 12.4 Å². The fourth-order valence-electron chi connectivity index (χ4n) is 1.13. The molecule has 1 aromatic heterocycles. The molecule has 0 fully saturated rings. The molecule has 0 aliphatic rings. The van der Waals surface area contributed by atoms with E-state index < -0.39 is 0 Å². The van der Waals surface area contributed by atoms with Crippen LogP contribution in [0.5, 0.6) is 5.88 Å². The molecule has 0 radical (unpaired) electrons. The highest BCUT2D eigenvalue weighted by atomic mass is 16.5. The summed E-state index contributed by atoms with van der Waals surface area (Å²) in [6.07, 6.45) is 2.98. The van der Waals surface area contributed by atoms with Crippen molar-refractivity contribution in [3.8, 4) is 5.88 Å². The van der Waals surface area contributed by atoms with Crippen molar-refractivity contribution in [3.63, 3.8) is 0 Å². The molecule has 0 saturated carbocycles. The SMILES string of the molecule is Nc1cnc(OCc2ccccc2)cn1. The van der Waals surface area contributed by atoms with Crippen LogP contribution in [0.2, 0.25) is 0 Å². The van der Waals surface area contributed by atoms with Gasteiger partial charge >= 0.3 is 0 Å². The number of hydrogen-bond acceptors (Lipinski definition) is 4. The van der Waals surface area contributed by atoms with Crippen LogP contribution < -0.4 is 10.5 Å². The summed E-state index contributed by atoms with van der Waals surface area (Å²) in [5, 5.41) is 0. The lowest BCUT2D eigenvalue weighted by Gasteiger charge is -2.04. The summed E-state index contributed by atoms with van der Waals surface area (Å²) < 4.78 is 5.42. The zero-order valence-electron chi connectivity index (χ0n) is 8.13. The zero-order chi connectivity index (χ0) is 10.5. The van der Waals surface area contributed by atoms with Crippen molar-refractivity contribution < 1.29 is 4.74 Å². The molecular formula is C11H11N3O. The van der Waals surface area contributed by atoms with E-state index in [2.05, 4.69) is 9.97 Å². The Morgan fingerprint density at radius 2 is 1.87 bits per heavy atom. The Morgan fingerprint density at radius 3 is 2.53 bits per heavy atom. The van der Waals surface area contributed by atoms with Crippen molar-refractivity contribution in [2.45, 2.75) is 6.61 Å². The maximum Gasteiger partial charge on any atom is 0.232 e. The fraction of sp³-hybridized carbons (Fsp3) is 0.0909. The first kappa shape index (κ1) is 9.45. The van der Waals surface area contributed by atoms with Crippen LogP contribution >= 0.6 is 0 Å². The summed E-state index contributed by atoms with van der Waals surface area (Å²) in [6, 6.07) is 9.88. The average molecular weight is 201 g/mol. The molecule has 0 bridgehead atoms. The molecule has 4 heteroatoms. The quantitative estimate of drug-likeness (QED) is 0.820. The molecule has 0 amide bonds. The average Bonchev–Trinajstić information content (AvgIpc) is 2.30. The molecule has 2 rings (SSSR count). The summed E-state index contributed by atoms with van der Waals surface area (Å²) in [5.41, 5.74) is 6.50. The van der Waals surface area contributed by atoms with Crippen LogP contribution in [0.3, 0.4) is 0 Å². The van der Waals surface area contributed by atoms with Gasteiger partial charge in [-0.2, -0.15) is 0 Å². The van der Waals surface area contributed by atoms with E-state index in [4.69, 9.17) is 10.5 Å². The largest absolute Gasteiger partial charge is 0.472 e. The van der Waals surface area contributed by atoms with Crippen molar-refractivity contribution in [2.24, 2.45) is 0 Å². The number of nitrogens with two attached hydrogens (primary N) is 1. The Labute approximate surface area is 87.7 Å². The molecule has 0 spiro atoms. The third kappa shape index (κ3) is 2.67. The molecule has 76 valence electrons. The molecule has 0 saturated heterocycles. The molecule has 4 nitrogen and oxygen atoms in total. The third-order valence-corrected chi connectivity index (χ3v) is 1.88. The van der Waals surface area contributed by atoms with Gasteiger partial charge in [-0.1, -0.05) is 30.3 Å². The summed E-state index contributed by atoms with van der Waals surface area (Å²) in [5.74, 6) is 0.870. The summed E-state index contributed by atoms with van der Waals surface area (Å²) in [6.45, 7) is 0.486. The first-order valence-electron chi connectivity index (χ1n) is 4.59. The van der Waals surface area contributed by atoms with Crippen LogP contribution in [0, 0.1) is 0 Å². The van der Waals surface area contributed by atoms with Gasteiger partial charge in [0.2, 0.25) is 5.88 Å². The van der Waals surface area contributed by atoms with Gasteiger partial charge in [-0.3, -0.25) is 0 Å². The Hall–Kier alpha value is -2.10. The van der Waals surface area contributed by atoms with Gasteiger partial charge < -0.3 is 10.5 Å². The number of nitrogen functional groups attached to an aromatic ring is 1. The minimum Gasteiger partial charge on any atom is -0.472 e. The van der Waals surface area contributed by atoms with Crippen molar-refractivity contribution >= 4 is 5.82 Å². The van der Waals surface area contributed by atoms with E-state index in [1.54, 1.807) is 0 Å². The number of nitrogens with zero attached hydrogens (tertiary/aromatic N) is 2. The van der Waals surface area contributed by atoms with E-state index in [-0.39, 0.29) is 0 Å². The van der Waals surface area contributed by atoms with Crippen molar-refractivity contribution in [1.82, 2.24) is 9.97 Å². The van der Waals surface area contributed by atoms with Crippen LogP contribution in [0.1, 0.15) is 5.56 Å². The third-order valence-electron chi connectivity index (χ3n) is 1.88. The second-order valence-corrected chi connectivity index (χ2v) is 3.05. The van der Waals surface area contributed by atoms with Gasteiger partial charge in [0.05, 0.1) is 12.4 Å². The normalized spacial score (nSPS) is 9.87. The van der Waals surface area contributed by atoms with E-state index >= 15 is 0 Å². The molecule has 0 unspecified atom stereocenters. The Morgan fingerprint density at radius 1 is 1.07 bits per heavy atom. The van der Waals surface area contributed by atoms with Gasteiger partial charge in [0, 0.05) is 0 Å². The van der Waals surface area contributed by atoms with E-state index in [1.807, 2.05) is 30.3 Å². The topological polar surface area (TPSA) is 61.0 Å². The number of ether oxygens (including phenoxy) is 1. The molecule has 0 aliphatic heterocycles. The van der Waals surface area contributed by atoms with Crippen LogP contribution in [0.15, 0.2) is 42.7 Å². The summed E-state index contributed by atoms with van der Waals surface area (Å²) >= 11 is 0. The minimum atomic E-state index is 0.391. The Balaban J connectivity index is 1.96. The second kappa shape index (κ2) is 4.41. The molecule has 2 N–H and O–H groups in total. The van der Waals surface area contributed by atoms with E-state index in [1.165, 1.54) is 12.4 Å². The molecule has 1 heterocycles. The van der Waals surface area contributed by atoms with Crippen LogP contribution in [0.4, 0.5) is 5.82 Å². The zero-order valence-corrected chi connectivity index (χ0v) is 8.13. The van der Waals surface area contributed by atoms with Gasteiger partial charge in [-0.15, -0.1) is 0 Å². The number of aromatic nitrogens is 2. The summed E-state index contributed by atoms with van der Waals surface area (Å²) in [4.78, 5) is 7.87. The van der Waals surface area contributed by atoms with E-state index in [0.717, 1.165) is 5.56 Å². The van der Waals surface area contributed by atoms with Crippen molar-refractivity contribution in [2.75, 3.05) is 5.73 Å². The highest BCUT2D eigenvalue weighted by Gasteiger charge is 1.96. The standard InChI is InChI=1S/C11H11N3O/c12-10-6-14-11(7-13-10)15-8-9-4-2-1-3-5-9/h1-7H,8H2,(H2,12,13). The van der Waals surface area contributed by atoms with Crippen LogP contribution in [-0.4, -0.2) is 9.97 Å². The molecular weight excluding hydrogens is 190 g/mol. The van der Waals surface area contributed by atoms with Crippen LogP contribution in [-0.2, 0) is 6.61 Å². The highest BCUT2D eigenvalue weighted by Crippen LogP contribution is 2.08. The van der Waals surface area contributed by atoms with Gasteiger partial charge in [-0.05, 0) is 5.56 Å². The van der Waals surface area contributed by atoms with Gasteiger partial charge in [0.25, 0.3) is 0 Å². The number of rotatable bonds is 3. The monoisotopic (exact) mass is 201 g/mol. The lowest BCUT2D eigenvalue weighted by Crippen LogP contribution is -1.98. The van der Waals surface area contributed by atoms with Crippen LogP contribution in [0.25, 0.3) is 0 Å². The number of anilines is 1. The minimum absolute atomic E-state index is 0.391. The highest BCUT2D eigenvalue weighted by molar-refractivity contribution is 5.24. The predicted molar refractivity (Wildman–Crippen MR) is 57.2 cm³/mol. The van der Waals surface area contributed by atoms with Gasteiger partial charge in [-0.25, -0.2) is 9.97 Å². The number of hydrogen-bond donors (Lipinski definition) is 1. The summed E-state index contributed by atoms with van der Waals surface area (Å²) in [7, 11) is 0.